The van der Waals surface area contributed by atoms with Gasteiger partial charge in [0.25, 0.3) is 0 Å². The zero-order valence-electron chi connectivity index (χ0n) is 10.9. The molecule has 0 saturated heterocycles. The van der Waals surface area contributed by atoms with Gasteiger partial charge in [0.15, 0.2) is 0 Å². The van der Waals surface area contributed by atoms with Crippen LogP contribution in [0, 0.1) is 5.41 Å². The molecule has 1 atom stereocenters. The second-order valence-corrected chi connectivity index (χ2v) is 6.33. The number of nitrogens with two attached hydrogens (primary N) is 1. The standard InChI is InChI=1S/C13H15Cl2N3O/c1-13(2,3)10(16)12-17-11(18-19-12)7-4-8(14)6-9(15)5-7/h4-6,10H,16H2,1-3H3. The summed E-state index contributed by atoms with van der Waals surface area (Å²) in [4.78, 5) is 4.31. The average Bonchev–Trinajstić information content (AvgIpc) is 2.74. The van der Waals surface area contributed by atoms with Gasteiger partial charge in [0.05, 0.1) is 6.04 Å². The first-order valence-corrected chi connectivity index (χ1v) is 6.58. The van der Waals surface area contributed by atoms with Gasteiger partial charge in [0.2, 0.25) is 11.7 Å². The summed E-state index contributed by atoms with van der Waals surface area (Å²) in [7, 11) is 0. The van der Waals surface area contributed by atoms with Gasteiger partial charge in [-0.15, -0.1) is 0 Å². The molecule has 4 nitrogen and oxygen atoms in total. The molecule has 1 unspecified atom stereocenters. The van der Waals surface area contributed by atoms with Crippen molar-refractivity contribution in [2.24, 2.45) is 11.1 Å². The van der Waals surface area contributed by atoms with E-state index in [1.54, 1.807) is 18.2 Å². The van der Waals surface area contributed by atoms with Crippen molar-refractivity contribution >= 4 is 23.2 Å². The molecule has 19 heavy (non-hydrogen) atoms. The highest BCUT2D eigenvalue weighted by atomic mass is 35.5. The van der Waals surface area contributed by atoms with Crippen molar-refractivity contribution in [3.8, 4) is 11.4 Å². The van der Waals surface area contributed by atoms with Crippen LogP contribution < -0.4 is 5.73 Å². The Balaban J connectivity index is 2.36. The van der Waals surface area contributed by atoms with Crippen LogP contribution in [0.2, 0.25) is 10.0 Å². The molecular formula is C13H15Cl2N3O. The predicted octanol–water partition coefficient (Wildman–Crippen LogP) is 4.09. The van der Waals surface area contributed by atoms with Crippen LogP contribution in [0.25, 0.3) is 11.4 Å². The van der Waals surface area contributed by atoms with Crippen molar-refractivity contribution in [2.75, 3.05) is 0 Å². The minimum atomic E-state index is -0.330. The van der Waals surface area contributed by atoms with E-state index >= 15 is 0 Å². The van der Waals surface area contributed by atoms with E-state index < -0.39 is 0 Å². The molecule has 2 rings (SSSR count). The highest BCUT2D eigenvalue weighted by Gasteiger charge is 2.27. The first-order valence-electron chi connectivity index (χ1n) is 5.83. The molecule has 0 aliphatic carbocycles. The molecule has 1 aromatic carbocycles. The quantitative estimate of drug-likeness (QED) is 0.907. The Kier molecular flexibility index (Phi) is 3.85. The van der Waals surface area contributed by atoms with E-state index in [-0.39, 0.29) is 11.5 Å². The van der Waals surface area contributed by atoms with E-state index in [9.17, 15) is 0 Å². The molecule has 6 heteroatoms. The Hall–Kier alpha value is -1.10. The van der Waals surface area contributed by atoms with Crippen LogP contribution in [0.15, 0.2) is 22.7 Å². The van der Waals surface area contributed by atoms with Crippen LogP contribution in [0.1, 0.15) is 32.7 Å². The highest BCUT2D eigenvalue weighted by Crippen LogP contribution is 2.31. The summed E-state index contributed by atoms with van der Waals surface area (Å²) >= 11 is 11.9. The third-order valence-electron chi connectivity index (χ3n) is 2.76. The van der Waals surface area contributed by atoms with Crippen molar-refractivity contribution in [3.05, 3.63) is 34.1 Å². The third-order valence-corrected chi connectivity index (χ3v) is 3.20. The van der Waals surface area contributed by atoms with Crippen molar-refractivity contribution in [3.63, 3.8) is 0 Å². The number of benzene rings is 1. The Morgan fingerprint density at radius 2 is 1.74 bits per heavy atom. The predicted molar refractivity (Wildman–Crippen MR) is 76.1 cm³/mol. The van der Waals surface area contributed by atoms with E-state index in [1.165, 1.54) is 0 Å². The Morgan fingerprint density at radius 3 is 2.26 bits per heavy atom. The molecule has 0 radical (unpaired) electrons. The van der Waals surface area contributed by atoms with Crippen LogP contribution in [0.4, 0.5) is 0 Å². The number of rotatable bonds is 2. The lowest BCUT2D eigenvalue weighted by Gasteiger charge is -2.23. The summed E-state index contributed by atoms with van der Waals surface area (Å²) in [5, 5.41) is 4.96. The van der Waals surface area contributed by atoms with E-state index in [0.717, 1.165) is 0 Å². The van der Waals surface area contributed by atoms with Gasteiger partial charge in [0, 0.05) is 15.6 Å². The normalized spacial score (nSPS) is 13.6. The monoisotopic (exact) mass is 299 g/mol. The third kappa shape index (κ3) is 3.26. The number of nitrogens with zero attached hydrogens (tertiary/aromatic N) is 2. The molecule has 0 aliphatic heterocycles. The molecule has 0 amide bonds. The molecule has 0 aliphatic rings. The van der Waals surface area contributed by atoms with Crippen LogP contribution in [-0.4, -0.2) is 10.1 Å². The van der Waals surface area contributed by atoms with Gasteiger partial charge in [-0.3, -0.25) is 0 Å². The minimum Gasteiger partial charge on any atom is -0.337 e. The lowest BCUT2D eigenvalue weighted by molar-refractivity contribution is 0.253. The summed E-state index contributed by atoms with van der Waals surface area (Å²) in [5.74, 6) is 0.831. The van der Waals surface area contributed by atoms with Gasteiger partial charge in [-0.25, -0.2) is 0 Å². The van der Waals surface area contributed by atoms with E-state index in [1.807, 2.05) is 20.8 Å². The van der Waals surface area contributed by atoms with Crippen LogP contribution in [-0.2, 0) is 0 Å². The van der Waals surface area contributed by atoms with Crippen LogP contribution in [0.5, 0.6) is 0 Å². The Labute approximate surface area is 121 Å². The zero-order chi connectivity index (χ0) is 14.2. The summed E-state index contributed by atoms with van der Waals surface area (Å²) in [5.41, 5.74) is 6.62. The SMILES string of the molecule is CC(C)(C)C(N)c1nc(-c2cc(Cl)cc(Cl)c2)no1. The maximum absolute atomic E-state index is 6.07. The molecular weight excluding hydrogens is 285 g/mol. The maximum atomic E-state index is 6.07. The topological polar surface area (TPSA) is 64.9 Å². The van der Waals surface area contributed by atoms with Gasteiger partial charge in [-0.2, -0.15) is 4.98 Å². The lowest BCUT2D eigenvalue weighted by atomic mass is 9.87. The fourth-order valence-electron chi connectivity index (χ4n) is 1.53. The molecule has 0 spiro atoms. The number of halogens is 2. The Morgan fingerprint density at radius 1 is 1.16 bits per heavy atom. The number of hydrogen-bond donors (Lipinski definition) is 1. The van der Waals surface area contributed by atoms with Gasteiger partial charge >= 0.3 is 0 Å². The van der Waals surface area contributed by atoms with Crippen molar-refractivity contribution < 1.29 is 4.52 Å². The van der Waals surface area contributed by atoms with E-state index in [2.05, 4.69) is 10.1 Å². The summed E-state index contributed by atoms with van der Waals surface area (Å²) in [6.45, 7) is 6.04. The number of aromatic nitrogens is 2. The molecule has 0 fully saturated rings. The second kappa shape index (κ2) is 5.12. The smallest absolute Gasteiger partial charge is 0.244 e. The Bertz CT molecular complexity index is 570. The average molecular weight is 300 g/mol. The minimum absolute atomic E-state index is 0.157. The molecule has 1 aromatic heterocycles. The maximum Gasteiger partial charge on any atom is 0.244 e. The van der Waals surface area contributed by atoms with E-state index in [4.69, 9.17) is 33.5 Å². The lowest BCUT2D eigenvalue weighted by Crippen LogP contribution is -2.26. The summed E-state index contributed by atoms with van der Waals surface area (Å²) in [6.07, 6.45) is 0. The molecule has 102 valence electrons. The molecule has 0 saturated carbocycles. The van der Waals surface area contributed by atoms with Crippen LogP contribution in [0.3, 0.4) is 0 Å². The van der Waals surface area contributed by atoms with E-state index in [0.29, 0.717) is 27.3 Å². The van der Waals surface area contributed by atoms with Crippen LogP contribution >= 0.6 is 23.2 Å². The molecule has 1 heterocycles. The van der Waals surface area contributed by atoms with Crippen molar-refractivity contribution in [1.29, 1.82) is 0 Å². The van der Waals surface area contributed by atoms with Gasteiger partial charge in [-0.1, -0.05) is 49.1 Å². The first kappa shape index (κ1) is 14.3. The number of hydrogen-bond acceptors (Lipinski definition) is 4. The second-order valence-electron chi connectivity index (χ2n) is 5.46. The fraction of sp³-hybridized carbons (Fsp3) is 0.385. The highest BCUT2D eigenvalue weighted by molar-refractivity contribution is 6.35. The van der Waals surface area contributed by atoms with Gasteiger partial charge < -0.3 is 10.3 Å². The molecule has 2 aromatic rings. The fourth-order valence-corrected chi connectivity index (χ4v) is 2.06. The van der Waals surface area contributed by atoms with Gasteiger partial charge in [0.1, 0.15) is 0 Å². The largest absolute Gasteiger partial charge is 0.337 e. The summed E-state index contributed by atoms with van der Waals surface area (Å²) < 4.78 is 5.21. The molecule has 2 N–H and O–H groups in total. The molecule has 0 bridgehead atoms. The van der Waals surface area contributed by atoms with Crippen molar-refractivity contribution in [2.45, 2.75) is 26.8 Å². The zero-order valence-corrected chi connectivity index (χ0v) is 12.5. The van der Waals surface area contributed by atoms with Crippen molar-refractivity contribution in [1.82, 2.24) is 10.1 Å². The first-order chi connectivity index (χ1) is 8.77. The van der Waals surface area contributed by atoms with Gasteiger partial charge in [-0.05, 0) is 23.6 Å². The summed E-state index contributed by atoms with van der Waals surface area (Å²) in [6, 6.07) is 4.77.